The Balaban J connectivity index is 1.90. The maximum absolute atomic E-state index is 2.49. The predicted octanol–water partition coefficient (Wildman–Crippen LogP) is 4.10. The molecule has 2 aliphatic carbocycles. The van der Waals surface area contributed by atoms with Gasteiger partial charge >= 0.3 is 0 Å². The van der Waals surface area contributed by atoms with Crippen LogP contribution in [0.4, 0.5) is 0 Å². The molecule has 0 aromatic rings. The van der Waals surface area contributed by atoms with Crippen LogP contribution in [0.15, 0.2) is 0 Å². The molecule has 5 unspecified atom stereocenters. The summed E-state index contributed by atoms with van der Waals surface area (Å²) in [5, 5.41) is 0. The molecule has 2 rings (SSSR count). The van der Waals surface area contributed by atoms with Gasteiger partial charge in [0.05, 0.1) is 0 Å². The Morgan fingerprint density at radius 1 is 1.08 bits per heavy atom. The van der Waals surface area contributed by atoms with Crippen LogP contribution in [0.3, 0.4) is 0 Å². The summed E-state index contributed by atoms with van der Waals surface area (Å²) in [6, 6.07) is 0. The second kappa shape index (κ2) is 3.63. The van der Waals surface area contributed by atoms with Gasteiger partial charge in [-0.3, -0.25) is 0 Å². The van der Waals surface area contributed by atoms with Crippen LogP contribution in [0.5, 0.6) is 0 Å². The molecule has 13 heavy (non-hydrogen) atoms. The minimum atomic E-state index is 1.03. The molecule has 0 saturated heterocycles. The van der Waals surface area contributed by atoms with Crippen molar-refractivity contribution < 1.29 is 0 Å². The molecule has 0 spiro atoms. The van der Waals surface area contributed by atoms with Gasteiger partial charge in [0.25, 0.3) is 0 Å². The normalized spacial score (nSPS) is 48.7. The third-order valence-corrected chi connectivity index (χ3v) is 4.96. The van der Waals surface area contributed by atoms with E-state index in [-0.39, 0.29) is 0 Å². The molecule has 2 aliphatic rings. The molecule has 0 heterocycles. The van der Waals surface area contributed by atoms with Crippen LogP contribution in [0.2, 0.25) is 0 Å². The number of rotatable bonds is 3. The monoisotopic (exact) mass is 180 g/mol. The van der Waals surface area contributed by atoms with Crippen molar-refractivity contribution in [2.24, 2.45) is 29.6 Å². The summed E-state index contributed by atoms with van der Waals surface area (Å²) in [7, 11) is 0. The van der Waals surface area contributed by atoms with Gasteiger partial charge in [-0.15, -0.1) is 0 Å². The Morgan fingerprint density at radius 3 is 2.38 bits per heavy atom. The zero-order valence-electron chi connectivity index (χ0n) is 9.42. The van der Waals surface area contributed by atoms with Gasteiger partial charge in [-0.1, -0.05) is 40.0 Å². The lowest BCUT2D eigenvalue weighted by molar-refractivity contribution is 0.179. The summed E-state index contributed by atoms with van der Waals surface area (Å²) in [4.78, 5) is 0. The van der Waals surface area contributed by atoms with E-state index in [0.29, 0.717) is 0 Å². The minimum Gasteiger partial charge on any atom is -0.0654 e. The molecule has 5 atom stereocenters. The topological polar surface area (TPSA) is 0 Å². The highest BCUT2D eigenvalue weighted by Crippen LogP contribution is 2.56. The van der Waals surface area contributed by atoms with E-state index in [9.17, 15) is 0 Å². The SMILES string of the molecule is CCCCC1CC2CC1C(C)C2C. The van der Waals surface area contributed by atoms with Gasteiger partial charge in [0.15, 0.2) is 0 Å². The van der Waals surface area contributed by atoms with Gasteiger partial charge in [0.2, 0.25) is 0 Å². The predicted molar refractivity (Wildman–Crippen MR) is 57.6 cm³/mol. The van der Waals surface area contributed by atoms with E-state index in [1.165, 1.54) is 19.3 Å². The third-order valence-electron chi connectivity index (χ3n) is 4.96. The van der Waals surface area contributed by atoms with Crippen LogP contribution < -0.4 is 0 Å². The fourth-order valence-corrected chi connectivity index (χ4v) is 3.89. The first-order valence-corrected chi connectivity index (χ1v) is 6.24. The number of unbranched alkanes of at least 4 members (excludes halogenated alkanes) is 1. The Hall–Kier alpha value is 0. The van der Waals surface area contributed by atoms with E-state index >= 15 is 0 Å². The fraction of sp³-hybridized carbons (Fsp3) is 1.00. The molecule has 0 aromatic heterocycles. The molecule has 2 saturated carbocycles. The van der Waals surface area contributed by atoms with Crippen molar-refractivity contribution in [3.63, 3.8) is 0 Å². The summed E-state index contributed by atoms with van der Waals surface area (Å²) >= 11 is 0. The van der Waals surface area contributed by atoms with Crippen LogP contribution in [0.25, 0.3) is 0 Å². The Morgan fingerprint density at radius 2 is 1.85 bits per heavy atom. The standard InChI is InChI=1S/C13H24/c1-4-5-6-11-7-12-8-13(11)10(3)9(12)2/h9-13H,4-8H2,1-3H3. The first-order valence-electron chi connectivity index (χ1n) is 6.24. The van der Waals surface area contributed by atoms with Crippen LogP contribution in [0, 0.1) is 29.6 Å². The molecular weight excluding hydrogens is 156 g/mol. The van der Waals surface area contributed by atoms with E-state index in [0.717, 1.165) is 29.6 Å². The van der Waals surface area contributed by atoms with Crippen LogP contribution >= 0.6 is 0 Å². The van der Waals surface area contributed by atoms with E-state index in [2.05, 4.69) is 20.8 Å². The van der Waals surface area contributed by atoms with Crippen molar-refractivity contribution in [2.75, 3.05) is 0 Å². The smallest absolute Gasteiger partial charge is 0.0355 e. The summed E-state index contributed by atoms with van der Waals surface area (Å²) < 4.78 is 0. The maximum atomic E-state index is 2.49. The highest BCUT2D eigenvalue weighted by molar-refractivity contribution is 4.97. The van der Waals surface area contributed by atoms with Crippen LogP contribution in [-0.2, 0) is 0 Å². The van der Waals surface area contributed by atoms with Crippen molar-refractivity contribution in [3.05, 3.63) is 0 Å². The lowest BCUT2D eigenvalue weighted by Gasteiger charge is -2.31. The lowest BCUT2D eigenvalue weighted by atomic mass is 9.74. The third kappa shape index (κ3) is 1.53. The molecular formula is C13H24. The van der Waals surface area contributed by atoms with Gasteiger partial charge in [0, 0.05) is 0 Å². The van der Waals surface area contributed by atoms with E-state index in [4.69, 9.17) is 0 Å². The second-order valence-corrected chi connectivity index (χ2v) is 5.52. The van der Waals surface area contributed by atoms with Gasteiger partial charge in [-0.05, 0) is 42.4 Å². The molecule has 2 bridgehead atoms. The lowest BCUT2D eigenvalue weighted by Crippen LogP contribution is -2.24. The average Bonchev–Trinajstić information content (AvgIpc) is 2.64. The average molecular weight is 180 g/mol. The highest BCUT2D eigenvalue weighted by Gasteiger charge is 2.47. The molecule has 0 heteroatoms. The fourth-order valence-electron chi connectivity index (χ4n) is 3.89. The minimum absolute atomic E-state index is 1.03. The molecule has 0 amide bonds. The van der Waals surface area contributed by atoms with Crippen molar-refractivity contribution in [1.82, 2.24) is 0 Å². The Kier molecular flexibility index (Phi) is 2.67. The number of fused-ring (bicyclic) bond motifs is 2. The van der Waals surface area contributed by atoms with Gasteiger partial charge in [-0.25, -0.2) is 0 Å². The van der Waals surface area contributed by atoms with Crippen molar-refractivity contribution >= 4 is 0 Å². The maximum Gasteiger partial charge on any atom is -0.0355 e. The van der Waals surface area contributed by atoms with Gasteiger partial charge in [-0.2, -0.15) is 0 Å². The molecule has 0 N–H and O–H groups in total. The van der Waals surface area contributed by atoms with E-state index < -0.39 is 0 Å². The van der Waals surface area contributed by atoms with Gasteiger partial charge in [0.1, 0.15) is 0 Å². The Bertz CT molecular complexity index is 171. The Labute approximate surface area is 83.1 Å². The molecule has 0 aromatic carbocycles. The highest BCUT2D eigenvalue weighted by atomic mass is 14.5. The van der Waals surface area contributed by atoms with Crippen molar-refractivity contribution in [2.45, 2.75) is 52.9 Å². The summed E-state index contributed by atoms with van der Waals surface area (Å²) in [6.07, 6.45) is 7.51. The van der Waals surface area contributed by atoms with E-state index in [1.54, 1.807) is 12.8 Å². The van der Waals surface area contributed by atoms with Crippen molar-refractivity contribution in [1.29, 1.82) is 0 Å². The molecule has 0 radical (unpaired) electrons. The number of hydrogen-bond acceptors (Lipinski definition) is 0. The van der Waals surface area contributed by atoms with E-state index in [1.807, 2.05) is 0 Å². The first kappa shape index (κ1) is 9.55. The zero-order chi connectivity index (χ0) is 9.42. The largest absolute Gasteiger partial charge is 0.0654 e. The first-order chi connectivity index (χ1) is 6.24. The number of hydrogen-bond donors (Lipinski definition) is 0. The molecule has 0 aliphatic heterocycles. The molecule has 2 fully saturated rings. The van der Waals surface area contributed by atoms with Gasteiger partial charge < -0.3 is 0 Å². The molecule has 0 nitrogen and oxygen atoms in total. The van der Waals surface area contributed by atoms with Crippen LogP contribution in [0.1, 0.15) is 52.9 Å². The summed E-state index contributed by atoms with van der Waals surface area (Å²) in [5.74, 6) is 5.37. The summed E-state index contributed by atoms with van der Waals surface area (Å²) in [5.41, 5.74) is 0. The quantitative estimate of drug-likeness (QED) is 0.613. The van der Waals surface area contributed by atoms with Crippen molar-refractivity contribution in [3.8, 4) is 0 Å². The zero-order valence-corrected chi connectivity index (χ0v) is 9.42. The second-order valence-electron chi connectivity index (χ2n) is 5.52. The van der Waals surface area contributed by atoms with Crippen LogP contribution in [-0.4, -0.2) is 0 Å². The summed E-state index contributed by atoms with van der Waals surface area (Å²) in [6.45, 7) is 7.29. The molecule has 76 valence electrons.